The van der Waals surface area contributed by atoms with Crippen molar-refractivity contribution in [3.63, 3.8) is 0 Å². The number of hydrogen-bond acceptors (Lipinski definition) is 7. The van der Waals surface area contributed by atoms with Gasteiger partial charge in [-0.15, -0.1) is 0 Å². The molecule has 2 heterocycles. The van der Waals surface area contributed by atoms with Crippen LogP contribution in [-0.2, 0) is 4.79 Å². The van der Waals surface area contributed by atoms with Crippen LogP contribution in [0.4, 0.5) is 0 Å². The number of aromatic hydroxyl groups is 1. The van der Waals surface area contributed by atoms with Gasteiger partial charge in [0.15, 0.2) is 11.5 Å². The average Bonchev–Trinajstić information content (AvgIpc) is 3.27. The Kier molecular flexibility index (Phi) is 5.41. The Balaban J connectivity index is 1.38. The zero-order chi connectivity index (χ0) is 20.4. The number of phenolic OH excluding ortho intramolecular Hbond substituents is 1. The number of phenols is 1. The third-order valence-electron chi connectivity index (χ3n) is 4.34. The van der Waals surface area contributed by atoms with Crippen molar-refractivity contribution in [2.75, 3.05) is 19.9 Å². The van der Waals surface area contributed by atoms with Crippen LogP contribution in [-0.4, -0.2) is 46.0 Å². The van der Waals surface area contributed by atoms with Crippen LogP contribution in [0.2, 0.25) is 0 Å². The minimum Gasteiger partial charge on any atom is -0.507 e. The molecule has 2 aliphatic heterocycles. The van der Waals surface area contributed by atoms with Gasteiger partial charge in [0.25, 0.3) is 11.8 Å². The molecule has 0 radical (unpaired) electrons. The summed E-state index contributed by atoms with van der Waals surface area (Å²) in [4.78, 5) is 26.8. The molecule has 0 unspecified atom stereocenters. The number of rotatable bonds is 5. The third-order valence-corrected chi connectivity index (χ3v) is 5.72. The van der Waals surface area contributed by atoms with Crippen LogP contribution in [0, 0.1) is 0 Å². The molecule has 0 bridgehead atoms. The number of nitrogens with one attached hydrogen (secondary N) is 1. The summed E-state index contributed by atoms with van der Waals surface area (Å²) >= 11 is 6.53. The van der Waals surface area contributed by atoms with E-state index in [-0.39, 0.29) is 37.1 Å². The summed E-state index contributed by atoms with van der Waals surface area (Å²) in [5.74, 6) is 0.595. The number of thioether (sulfide) groups is 1. The zero-order valence-electron chi connectivity index (χ0n) is 15.1. The Bertz CT molecular complexity index is 1040. The van der Waals surface area contributed by atoms with E-state index in [2.05, 4.69) is 5.32 Å². The lowest BCUT2D eigenvalue weighted by molar-refractivity contribution is -0.122. The van der Waals surface area contributed by atoms with E-state index in [1.807, 2.05) is 6.07 Å². The second-order valence-corrected chi connectivity index (χ2v) is 7.89. The smallest absolute Gasteiger partial charge is 0.266 e. The molecule has 9 heteroatoms. The molecule has 2 aliphatic rings. The van der Waals surface area contributed by atoms with Gasteiger partial charge in [0.1, 0.15) is 10.1 Å². The fourth-order valence-corrected chi connectivity index (χ4v) is 4.20. The van der Waals surface area contributed by atoms with Crippen molar-refractivity contribution in [1.29, 1.82) is 0 Å². The first-order valence-corrected chi connectivity index (χ1v) is 9.96. The molecule has 29 heavy (non-hydrogen) atoms. The molecule has 0 saturated carbocycles. The maximum absolute atomic E-state index is 12.7. The normalized spacial score (nSPS) is 16.6. The van der Waals surface area contributed by atoms with Crippen molar-refractivity contribution < 1.29 is 24.2 Å². The number of amides is 2. The Morgan fingerprint density at radius 3 is 2.86 bits per heavy atom. The molecular weight excluding hydrogens is 412 g/mol. The topological polar surface area (TPSA) is 88.1 Å². The van der Waals surface area contributed by atoms with Gasteiger partial charge in [0, 0.05) is 13.1 Å². The molecule has 7 nitrogen and oxygen atoms in total. The lowest BCUT2D eigenvalue weighted by atomic mass is 10.2. The fourth-order valence-electron chi connectivity index (χ4n) is 2.89. The van der Waals surface area contributed by atoms with Crippen molar-refractivity contribution >= 4 is 46.2 Å². The molecule has 1 fully saturated rings. The molecule has 0 aliphatic carbocycles. The van der Waals surface area contributed by atoms with Crippen LogP contribution in [0.1, 0.15) is 15.9 Å². The van der Waals surface area contributed by atoms with Crippen LogP contribution in [0.3, 0.4) is 0 Å². The van der Waals surface area contributed by atoms with Crippen LogP contribution >= 0.6 is 24.0 Å². The highest BCUT2D eigenvalue weighted by atomic mass is 32.2. The maximum atomic E-state index is 12.7. The highest BCUT2D eigenvalue weighted by Crippen LogP contribution is 2.36. The monoisotopic (exact) mass is 428 g/mol. The lowest BCUT2D eigenvalue weighted by Crippen LogP contribution is -2.37. The van der Waals surface area contributed by atoms with Gasteiger partial charge in [-0.05, 0) is 35.9 Å². The van der Waals surface area contributed by atoms with Gasteiger partial charge in [-0.2, -0.15) is 0 Å². The van der Waals surface area contributed by atoms with E-state index in [4.69, 9.17) is 21.7 Å². The average molecular weight is 428 g/mol. The largest absolute Gasteiger partial charge is 0.507 e. The number of carbonyl (C=O) groups is 2. The number of nitrogens with zero attached hydrogens (tertiary/aromatic N) is 1. The van der Waals surface area contributed by atoms with E-state index in [1.165, 1.54) is 28.8 Å². The zero-order valence-corrected chi connectivity index (χ0v) is 16.7. The van der Waals surface area contributed by atoms with Crippen LogP contribution < -0.4 is 14.8 Å². The number of hydrogen-bond donors (Lipinski definition) is 2. The predicted octanol–water partition coefficient (Wildman–Crippen LogP) is 2.75. The quantitative estimate of drug-likeness (QED) is 0.559. The number of fused-ring (bicyclic) bond motifs is 1. The van der Waals surface area contributed by atoms with Crippen molar-refractivity contribution in [2.24, 2.45) is 0 Å². The maximum Gasteiger partial charge on any atom is 0.266 e. The molecule has 0 aromatic heterocycles. The first-order chi connectivity index (χ1) is 14.0. The summed E-state index contributed by atoms with van der Waals surface area (Å²) in [6, 6.07) is 11.7. The second-order valence-electron chi connectivity index (χ2n) is 6.22. The second kappa shape index (κ2) is 8.14. The third kappa shape index (κ3) is 4.06. The number of thiocarbonyl (C=S) groups is 1. The summed E-state index contributed by atoms with van der Waals surface area (Å²) < 4.78 is 11.1. The number of benzene rings is 2. The molecule has 148 valence electrons. The lowest BCUT2D eigenvalue weighted by Gasteiger charge is -2.15. The molecule has 4 rings (SSSR count). The molecular formula is C20H16N2O5S2. The highest BCUT2D eigenvalue weighted by molar-refractivity contribution is 8.26. The Hall–Kier alpha value is -3.04. The first-order valence-electron chi connectivity index (χ1n) is 8.74. The number of carbonyl (C=O) groups excluding carboxylic acids is 2. The van der Waals surface area contributed by atoms with Crippen molar-refractivity contribution in [3.8, 4) is 17.2 Å². The van der Waals surface area contributed by atoms with Gasteiger partial charge < -0.3 is 19.9 Å². The van der Waals surface area contributed by atoms with Crippen molar-refractivity contribution in [1.82, 2.24) is 10.2 Å². The molecule has 0 spiro atoms. The van der Waals surface area contributed by atoms with Crippen LogP contribution in [0.25, 0.3) is 6.08 Å². The van der Waals surface area contributed by atoms with Gasteiger partial charge in [-0.3, -0.25) is 14.5 Å². The fraction of sp³-hybridized carbons (Fsp3) is 0.150. The molecule has 2 amide bonds. The van der Waals surface area contributed by atoms with Gasteiger partial charge in [0.05, 0.1) is 10.5 Å². The minimum atomic E-state index is -0.413. The summed E-state index contributed by atoms with van der Waals surface area (Å²) in [6.45, 7) is 0.632. The SMILES string of the molecule is O=C(NCCN1C(=O)C(=Cc2ccc3c(c2)OCO3)SC1=S)c1ccccc1O. The van der Waals surface area contributed by atoms with Crippen LogP contribution in [0.5, 0.6) is 17.2 Å². The van der Waals surface area contributed by atoms with E-state index in [0.717, 1.165) is 5.56 Å². The standard InChI is InChI=1S/C20H16N2O5S2/c23-14-4-2-1-3-13(14)18(24)21-7-8-22-19(25)17(29-20(22)28)10-12-5-6-15-16(9-12)27-11-26-15/h1-6,9-10,23H,7-8,11H2,(H,21,24). The highest BCUT2D eigenvalue weighted by Gasteiger charge is 2.31. The van der Waals surface area contributed by atoms with E-state index in [1.54, 1.807) is 30.3 Å². The summed E-state index contributed by atoms with van der Waals surface area (Å²) in [5.41, 5.74) is 0.989. The van der Waals surface area contributed by atoms with E-state index in [9.17, 15) is 14.7 Å². The number of para-hydroxylation sites is 1. The Morgan fingerprint density at radius 2 is 2.03 bits per heavy atom. The summed E-state index contributed by atoms with van der Waals surface area (Å²) in [7, 11) is 0. The molecule has 1 saturated heterocycles. The Morgan fingerprint density at radius 1 is 1.24 bits per heavy atom. The molecule has 2 aromatic carbocycles. The molecule has 2 N–H and O–H groups in total. The molecule has 2 aromatic rings. The summed E-state index contributed by atoms with van der Waals surface area (Å²) in [6.07, 6.45) is 1.75. The minimum absolute atomic E-state index is 0.0951. The predicted molar refractivity (Wildman–Crippen MR) is 113 cm³/mol. The van der Waals surface area contributed by atoms with Crippen LogP contribution in [0.15, 0.2) is 47.4 Å². The van der Waals surface area contributed by atoms with Gasteiger partial charge >= 0.3 is 0 Å². The first kappa shape index (κ1) is 19.3. The van der Waals surface area contributed by atoms with Crippen molar-refractivity contribution in [3.05, 3.63) is 58.5 Å². The molecule has 0 atom stereocenters. The summed E-state index contributed by atoms with van der Waals surface area (Å²) in [5, 5.41) is 12.4. The van der Waals surface area contributed by atoms with Gasteiger partial charge in [-0.1, -0.05) is 42.2 Å². The van der Waals surface area contributed by atoms with Gasteiger partial charge in [-0.25, -0.2) is 0 Å². The van der Waals surface area contributed by atoms with Gasteiger partial charge in [0.2, 0.25) is 6.79 Å². The van der Waals surface area contributed by atoms with Crippen molar-refractivity contribution in [2.45, 2.75) is 0 Å². The van der Waals surface area contributed by atoms with E-state index >= 15 is 0 Å². The van der Waals surface area contributed by atoms with E-state index < -0.39 is 5.91 Å². The Labute approximate surface area is 176 Å². The number of ether oxygens (including phenoxy) is 2. The van der Waals surface area contributed by atoms with E-state index in [0.29, 0.717) is 20.7 Å².